The lowest BCUT2D eigenvalue weighted by atomic mass is 10.0. The smallest absolute Gasteiger partial charge is 0.288 e. The van der Waals surface area contributed by atoms with Gasteiger partial charge in [-0.05, 0) is 62.9 Å². The Morgan fingerprint density at radius 1 is 1.26 bits per heavy atom. The second-order valence-corrected chi connectivity index (χ2v) is 6.85. The molecule has 0 radical (unpaired) electrons. The molecule has 1 N–H and O–H groups in total. The molecule has 0 amide bonds. The summed E-state index contributed by atoms with van der Waals surface area (Å²) in [7, 11) is 0. The summed E-state index contributed by atoms with van der Waals surface area (Å²) in [5.41, 5.74) is 0.959. The normalized spacial score (nSPS) is 19.3. The van der Waals surface area contributed by atoms with Crippen molar-refractivity contribution in [3.8, 4) is 0 Å². The van der Waals surface area contributed by atoms with Gasteiger partial charge in [-0.3, -0.25) is 15.0 Å². The van der Waals surface area contributed by atoms with Crippen molar-refractivity contribution in [2.24, 2.45) is 5.92 Å². The van der Waals surface area contributed by atoms with E-state index < -0.39 is 4.92 Å². The molecular weight excluding hydrogens is 337 g/mol. The third-order valence-corrected chi connectivity index (χ3v) is 4.91. The molecule has 2 fully saturated rings. The number of piperidine rings is 1. The van der Waals surface area contributed by atoms with Crippen molar-refractivity contribution in [2.75, 3.05) is 19.6 Å². The number of nitrogens with one attached hydrogen (secondary N) is 1. The van der Waals surface area contributed by atoms with Gasteiger partial charge in [-0.15, -0.1) is 12.4 Å². The molecule has 0 atom stereocenters. The summed E-state index contributed by atoms with van der Waals surface area (Å²) in [6, 6.07) is 5.74. The molecule has 0 aromatic heterocycles. The predicted octanol–water partition coefficient (Wildman–Crippen LogP) is 3.63. The number of likely N-dealkylation sites (tertiary alicyclic amines) is 1. The van der Waals surface area contributed by atoms with Gasteiger partial charge in [-0.2, -0.15) is 0 Å². The van der Waals surface area contributed by atoms with Crippen LogP contribution < -0.4 is 5.32 Å². The first-order valence-corrected chi connectivity index (χ1v) is 8.38. The molecule has 1 aromatic carbocycles. The van der Waals surface area contributed by atoms with Crippen LogP contribution in [-0.4, -0.2) is 35.5 Å². The highest BCUT2D eigenvalue weighted by Crippen LogP contribution is 2.28. The minimum Gasteiger partial charge on any atom is -0.314 e. The van der Waals surface area contributed by atoms with E-state index in [4.69, 9.17) is 11.6 Å². The van der Waals surface area contributed by atoms with E-state index in [1.165, 1.54) is 19.4 Å². The summed E-state index contributed by atoms with van der Waals surface area (Å²) >= 11 is 5.85. The molecule has 1 aliphatic heterocycles. The van der Waals surface area contributed by atoms with Gasteiger partial charge in [0.2, 0.25) is 0 Å². The van der Waals surface area contributed by atoms with Crippen LogP contribution in [-0.2, 0) is 6.54 Å². The van der Waals surface area contributed by atoms with Gasteiger partial charge in [-0.1, -0.05) is 17.7 Å². The van der Waals surface area contributed by atoms with E-state index in [-0.39, 0.29) is 23.1 Å². The minimum absolute atomic E-state index is 0. The van der Waals surface area contributed by atoms with Crippen LogP contribution in [0.4, 0.5) is 5.69 Å². The Morgan fingerprint density at radius 3 is 2.57 bits per heavy atom. The molecule has 128 valence electrons. The second-order valence-electron chi connectivity index (χ2n) is 6.44. The zero-order valence-electron chi connectivity index (χ0n) is 13.0. The minimum atomic E-state index is -0.417. The van der Waals surface area contributed by atoms with Crippen LogP contribution in [0.2, 0.25) is 5.02 Å². The number of halogens is 2. The van der Waals surface area contributed by atoms with E-state index in [0.717, 1.165) is 44.0 Å². The maximum absolute atomic E-state index is 10.9. The zero-order chi connectivity index (χ0) is 15.5. The monoisotopic (exact) mass is 359 g/mol. The standard InChI is InChI=1S/C16H22ClN3O2.ClH/c17-15-4-3-13(9-16(15)20(21)22)11-19-7-5-14(6-8-19)18-10-12-1-2-12;/h3-4,9,12,14,18H,1-2,5-8,10-11H2;1H. The molecule has 1 saturated heterocycles. The maximum atomic E-state index is 10.9. The summed E-state index contributed by atoms with van der Waals surface area (Å²) in [6.45, 7) is 4.01. The lowest BCUT2D eigenvalue weighted by molar-refractivity contribution is -0.384. The Morgan fingerprint density at radius 2 is 1.96 bits per heavy atom. The Bertz CT molecular complexity index is 544. The van der Waals surface area contributed by atoms with Gasteiger partial charge in [0.15, 0.2) is 0 Å². The van der Waals surface area contributed by atoms with Crippen LogP contribution in [0.15, 0.2) is 18.2 Å². The fourth-order valence-electron chi connectivity index (χ4n) is 3.01. The Labute approximate surface area is 147 Å². The Balaban J connectivity index is 0.00000192. The quantitative estimate of drug-likeness (QED) is 0.622. The Kier molecular flexibility index (Phi) is 6.65. The lowest BCUT2D eigenvalue weighted by Gasteiger charge is -2.32. The predicted molar refractivity (Wildman–Crippen MR) is 94.4 cm³/mol. The number of benzene rings is 1. The van der Waals surface area contributed by atoms with E-state index in [1.807, 2.05) is 6.07 Å². The molecular formula is C16H23Cl2N3O2. The first kappa shape index (κ1) is 18.5. The third-order valence-electron chi connectivity index (χ3n) is 4.59. The molecule has 0 unspecified atom stereocenters. The van der Waals surface area contributed by atoms with Crippen LogP contribution in [0.5, 0.6) is 0 Å². The first-order chi connectivity index (χ1) is 10.6. The van der Waals surface area contributed by atoms with Crippen molar-refractivity contribution in [1.29, 1.82) is 0 Å². The number of hydrogen-bond donors (Lipinski definition) is 1. The molecule has 5 nitrogen and oxygen atoms in total. The van der Waals surface area contributed by atoms with Crippen molar-refractivity contribution >= 4 is 29.7 Å². The fourth-order valence-corrected chi connectivity index (χ4v) is 3.19. The molecule has 3 rings (SSSR count). The second kappa shape index (κ2) is 8.29. The number of nitro benzene ring substituents is 1. The van der Waals surface area contributed by atoms with E-state index in [0.29, 0.717) is 6.04 Å². The molecule has 1 aliphatic carbocycles. The highest BCUT2D eigenvalue weighted by Gasteiger charge is 2.24. The molecule has 0 spiro atoms. The third kappa shape index (κ3) is 5.31. The van der Waals surface area contributed by atoms with Crippen molar-refractivity contribution in [3.63, 3.8) is 0 Å². The maximum Gasteiger partial charge on any atom is 0.288 e. The number of nitro groups is 1. The van der Waals surface area contributed by atoms with Crippen LogP contribution in [0.3, 0.4) is 0 Å². The lowest BCUT2D eigenvalue weighted by Crippen LogP contribution is -2.42. The number of hydrogen-bond acceptors (Lipinski definition) is 4. The van der Waals surface area contributed by atoms with E-state index >= 15 is 0 Å². The van der Waals surface area contributed by atoms with E-state index in [2.05, 4.69) is 10.2 Å². The number of rotatable bonds is 6. The summed E-state index contributed by atoms with van der Waals surface area (Å²) in [6.07, 6.45) is 5.09. The van der Waals surface area contributed by atoms with E-state index in [9.17, 15) is 10.1 Å². The van der Waals surface area contributed by atoms with Crippen LogP contribution in [0, 0.1) is 16.0 Å². The van der Waals surface area contributed by atoms with Gasteiger partial charge in [0.05, 0.1) is 4.92 Å². The number of nitrogens with zero attached hydrogens (tertiary/aromatic N) is 2. The first-order valence-electron chi connectivity index (χ1n) is 8.00. The average molecular weight is 360 g/mol. The Hall–Kier alpha value is -0.880. The van der Waals surface area contributed by atoms with Crippen molar-refractivity contribution in [1.82, 2.24) is 10.2 Å². The topological polar surface area (TPSA) is 58.4 Å². The van der Waals surface area contributed by atoms with E-state index in [1.54, 1.807) is 12.1 Å². The molecule has 7 heteroatoms. The molecule has 23 heavy (non-hydrogen) atoms. The van der Waals surface area contributed by atoms with Crippen LogP contribution >= 0.6 is 24.0 Å². The summed E-state index contributed by atoms with van der Waals surface area (Å²) in [4.78, 5) is 12.9. The van der Waals surface area contributed by atoms with Gasteiger partial charge in [-0.25, -0.2) is 0 Å². The summed E-state index contributed by atoms with van der Waals surface area (Å²) in [5, 5.41) is 14.8. The van der Waals surface area contributed by atoms with Gasteiger partial charge >= 0.3 is 0 Å². The summed E-state index contributed by atoms with van der Waals surface area (Å²) < 4.78 is 0. The molecule has 0 bridgehead atoms. The molecule has 1 aromatic rings. The van der Waals surface area contributed by atoms with Gasteiger partial charge in [0.1, 0.15) is 5.02 Å². The van der Waals surface area contributed by atoms with Gasteiger partial charge in [0, 0.05) is 18.7 Å². The SMILES string of the molecule is Cl.O=[N+]([O-])c1cc(CN2CCC(NCC3CC3)CC2)ccc1Cl. The van der Waals surface area contributed by atoms with Gasteiger partial charge < -0.3 is 5.32 Å². The molecule has 1 heterocycles. The molecule has 1 saturated carbocycles. The highest BCUT2D eigenvalue weighted by molar-refractivity contribution is 6.32. The van der Waals surface area contributed by atoms with Gasteiger partial charge in [0.25, 0.3) is 5.69 Å². The zero-order valence-corrected chi connectivity index (χ0v) is 14.6. The molecule has 2 aliphatic rings. The average Bonchev–Trinajstić information content (AvgIpc) is 3.32. The largest absolute Gasteiger partial charge is 0.314 e. The van der Waals surface area contributed by atoms with Crippen LogP contribution in [0.1, 0.15) is 31.2 Å². The summed E-state index contributed by atoms with van der Waals surface area (Å²) in [5.74, 6) is 0.924. The highest BCUT2D eigenvalue weighted by atomic mass is 35.5. The van der Waals surface area contributed by atoms with Crippen molar-refractivity contribution in [2.45, 2.75) is 38.3 Å². The fraction of sp³-hybridized carbons (Fsp3) is 0.625. The van der Waals surface area contributed by atoms with Crippen LogP contribution in [0.25, 0.3) is 0 Å². The van der Waals surface area contributed by atoms with Crippen molar-refractivity contribution in [3.05, 3.63) is 38.9 Å². The van der Waals surface area contributed by atoms with Crippen molar-refractivity contribution < 1.29 is 4.92 Å².